The Labute approximate surface area is 193 Å². The van der Waals surface area contributed by atoms with Crippen LogP contribution in [0.25, 0.3) is 10.8 Å². The maximum atomic E-state index is 12.8. The third kappa shape index (κ3) is 4.73. The first kappa shape index (κ1) is 22.2. The van der Waals surface area contributed by atoms with Gasteiger partial charge in [-0.1, -0.05) is 48.5 Å². The molecule has 0 aliphatic rings. The van der Waals surface area contributed by atoms with Gasteiger partial charge in [0.25, 0.3) is 5.91 Å². The molecule has 0 unspecified atom stereocenters. The summed E-state index contributed by atoms with van der Waals surface area (Å²) in [6.45, 7) is 0. The van der Waals surface area contributed by atoms with Gasteiger partial charge in [-0.15, -0.1) is 0 Å². The molecule has 168 valence electrons. The van der Waals surface area contributed by atoms with Crippen molar-refractivity contribution >= 4 is 34.6 Å². The van der Waals surface area contributed by atoms with E-state index in [0.29, 0.717) is 5.39 Å². The highest BCUT2D eigenvalue weighted by molar-refractivity contribution is 6.05. The number of phenols is 1. The minimum atomic E-state index is -0.726. The molecular formula is C25H17N3O6. The molecule has 4 rings (SSSR count). The Morgan fingerprint density at radius 3 is 2.44 bits per heavy atom. The van der Waals surface area contributed by atoms with Crippen LogP contribution in [0.5, 0.6) is 11.5 Å². The van der Waals surface area contributed by atoms with Crippen LogP contribution in [-0.2, 0) is 0 Å². The first-order valence-electron chi connectivity index (χ1n) is 10.0. The molecule has 2 N–H and O–H groups in total. The van der Waals surface area contributed by atoms with Crippen molar-refractivity contribution < 1.29 is 24.4 Å². The van der Waals surface area contributed by atoms with E-state index < -0.39 is 22.5 Å². The van der Waals surface area contributed by atoms with Gasteiger partial charge >= 0.3 is 11.7 Å². The van der Waals surface area contributed by atoms with Gasteiger partial charge in [0.05, 0.1) is 22.3 Å². The van der Waals surface area contributed by atoms with E-state index >= 15 is 0 Å². The van der Waals surface area contributed by atoms with E-state index in [1.54, 1.807) is 36.4 Å². The summed E-state index contributed by atoms with van der Waals surface area (Å²) < 4.78 is 5.35. The quantitative estimate of drug-likeness (QED) is 0.145. The Hall–Kier alpha value is -5.05. The van der Waals surface area contributed by atoms with Gasteiger partial charge in [0, 0.05) is 11.6 Å². The van der Waals surface area contributed by atoms with Crippen molar-refractivity contribution in [3.63, 3.8) is 0 Å². The largest absolute Gasteiger partial charge is 0.507 e. The van der Waals surface area contributed by atoms with Gasteiger partial charge in [0.15, 0.2) is 0 Å². The number of nitro groups is 1. The molecule has 9 nitrogen and oxygen atoms in total. The molecule has 1 amide bonds. The highest BCUT2D eigenvalue weighted by Crippen LogP contribution is 2.29. The zero-order valence-corrected chi connectivity index (χ0v) is 17.5. The zero-order valence-electron chi connectivity index (χ0n) is 17.5. The Morgan fingerprint density at radius 1 is 0.941 bits per heavy atom. The van der Waals surface area contributed by atoms with Crippen LogP contribution in [0.4, 0.5) is 5.69 Å². The summed E-state index contributed by atoms with van der Waals surface area (Å²) in [5, 5.41) is 26.6. The lowest BCUT2D eigenvalue weighted by Gasteiger charge is -2.08. The molecule has 4 aromatic carbocycles. The van der Waals surface area contributed by atoms with Crippen LogP contribution >= 0.6 is 0 Å². The zero-order chi connectivity index (χ0) is 24.1. The molecule has 0 spiro atoms. The van der Waals surface area contributed by atoms with Crippen molar-refractivity contribution in [1.29, 1.82) is 0 Å². The Bertz CT molecular complexity index is 1440. The number of nitrogens with zero attached hydrogens (tertiary/aromatic N) is 2. The van der Waals surface area contributed by atoms with E-state index in [1.807, 2.05) is 18.2 Å². The van der Waals surface area contributed by atoms with Crippen LogP contribution in [0, 0.1) is 10.1 Å². The van der Waals surface area contributed by atoms with Crippen molar-refractivity contribution in [2.45, 2.75) is 0 Å². The van der Waals surface area contributed by atoms with Crippen molar-refractivity contribution in [2.24, 2.45) is 5.10 Å². The molecule has 0 fully saturated rings. The fraction of sp³-hybridized carbons (Fsp3) is 0. The van der Waals surface area contributed by atoms with E-state index in [4.69, 9.17) is 4.74 Å². The first-order chi connectivity index (χ1) is 16.4. The summed E-state index contributed by atoms with van der Waals surface area (Å²) in [5.41, 5.74) is 2.40. The highest BCUT2D eigenvalue weighted by atomic mass is 16.6. The van der Waals surface area contributed by atoms with Crippen LogP contribution in [0.1, 0.15) is 26.3 Å². The number of hydrazone groups is 1. The van der Waals surface area contributed by atoms with Crippen LogP contribution < -0.4 is 10.2 Å². The molecule has 4 aromatic rings. The Kier molecular flexibility index (Phi) is 6.26. The van der Waals surface area contributed by atoms with Gasteiger partial charge in [0.2, 0.25) is 5.75 Å². The van der Waals surface area contributed by atoms with Crippen molar-refractivity contribution in [3.8, 4) is 11.5 Å². The number of phenolic OH excluding ortho intramolecular Hbond substituents is 1. The first-order valence-corrected chi connectivity index (χ1v) is 10.0. The lowest BCUT2D eigenvalue weighted by Crippen LogP contribution is -2.17. The SMILES string of the molecule is O=C(N/N=C/c1ccc(OC(=O)c2cccc3ccccc23)c([N+](=O)[O-])c1)c1ccccc1O. The fourth-order valence-electron chi connectivity index (χ4n) is 3.29. The lowest BCUT2D eigenvalue weighted by atomic mass is 10.0. The number of para-hydroxylation sites is 1. The number of benzene rings is 4. The summed E-state index contributed by atoms with van der Waals surface area (Å²) in [6, 6.07) is 22.2. The summed E-state index contributed by atoms with van der Waals surface area (Å²) in [7, 11) is 0. The molecule has 0 saturated carbocycles. The molecule has 0 bridgehead atoms. The van der Waals surface area contributed by atoms with Crippen LogP contribution in [0.3, 0.4) is 0 Å². The molecule has 34 heavy (non-hydrogen) atoms. The van der Waals surface area contributed by atoms with Gasteiger partial charge in [-0.3, -0.25) is 14.9 Å². The summed E-state index contributed by atoms with van der Waals surface area (Å²) in [4.78, 5) is 35.7. The van der Waals surface area contributed by atoms with Crippen molar-refractivity contribution in [3.05, 3.63) is 112 Å². The predicted octanol–water partition coefficient (Wildman–Crippen LogP) is 4.44. The average molecular weight is 455 g/mol. The molecule has 0 heterocycles. The smallest absolute Gasteiger partial charge is 0.344 e. The van der Waals surface area contributed by atoms with E-state index in [0.717, 1.165) is 5.39 Å². The molecule has 0 atom stereocenters. The monoisotopic (exact) mass is 455 g/mol. The Balaban J connectivity index is 1.53. The van der Waals surface area contributed by atoms with E-state index in [1.165, 1.54) is 36.5 Å². The Morgan fingerprint density at radius 2 is 1.65 bits per heavy atom. The maximum absolute atomic E-state index is 12.8. The summed E-state index contributed by atoms with van der Waals surface area (Å²) in [5.74, 6) is -1.80. The minimum Gasteiger partial charge on any atom is -0.507 e. The maximum Gasteiger partial charge on any atom is 0.344 e. The van der Waals surface area contributed by atoms with Crippen LogP contribution in [0.2, 0.25) is 0 Å². The van der Waals surface area contributed by atoms with Crippen molar-refractivity contribution in [1.82, 2.24) is 5.43 Å². The third-order valence-electron chi connectivity index (χ3n) is 4.92. The number of hydrogen-bond donors (Lipinski definition) is 2. The number of carbonyl (C=O) groups excluding carboxylic acids is 2. The van der Waals surface area contributed by atoms with Crippen LogP contribution in [0.15, 0.2) is 90.0 Å². The highest BCUT2D eigenvalue weighted by Gasteiger charge is 2.20. The third-order valence-corrected chi connectivity index (χ3v) is 4.92. The van der Waals surface area contributed by atoms with Gasteiger partial charge < -0.3 is 9.84 Å². The number of hydrogen-bond acceptors (Lipinski definition) is 7. The molecule has 0 radical (unpaired) electrons. The number of amides is 1. The number of esters is 1. The average Bonchev–Trinajstić information content (AvgIpc) is 2.84. The predicted molar refractivity (Wildman–Crippen MR) is 125 cm³/mol. The second kappa shape index (κ2) is 9.61. The summed E-state index contributed by atoms with van der Waals surface area (Å²) in [6.07, 6.45) is 1.20. The van der Waals surface area contributed by atoms with Gasteiger partial charge in [-0.2, -0.15) is 5.10 Å². The number of rotatable bonds is 6. The minimum absolute atomic E-state index is 0.0290. The number of aromatic hydroxyl groups is 1. The molecule has 0 aromatic heterocycles. The number of fused-ring (bicyclic) bond motifs is 1. The summed E-state index contributed by atoms with van der Waals surface area (Å²) >= 11 is 0. The molecule has 0 aliphatic heterocycles. The topological polar surface area (TPSA) is 131 Å². The van der Waals surface area contributed by atoms with E-state index in [2.05, 4.69) is 10.5 Å². The number of carbonyl (C=O) groups is 2. The van der Waals surface area contributed by atoms with E-state index in [-0.39, 0.29) is 28.2 Å². The number of ether oxygens (including phenoxy) is 1. The fourth-order valence-corrected chi connectivity index (χ4v) is 3.29. The second-order valence-electron chi connectivity index (χ2n) is 7.12. The van der Waals surface area contributed by atoms with Gasteiger partial charge in [-0.05, 0) is 41.1 Å². The molecule has 9 heteroatoms. The van der Waals surface area contributed by atoms with Crippen LogP contribution in [-0.4, -0.2) is 28.1 Å². The number of nitro benzene ring substituents is 1. The standard InChI is InChI=1S/C25H17N3O6/c29-22-11-4-3-9-20(22)24(30)27-26-15-16-12-13-23(21(14-16)28(32)33)34-25(31)19-10-5-7-17-6-1-2-8-18(17)19/h1-15,29H,(H,27,30)/b26-15+. The van der Waals surface area contributed by atoms with Crippen molar-refractivity contribution in [2.75, 3.05) is 0 Å². The van der Waals surface area contributed by atoms with Gasteiger partial charge in [0.1, 0.15) is 5.75 Å². The molecular weight excluding hydrogens is 438 g/mol. The van der Waals surface area contributed by atoms with E-state index in [9.17, 15) is 24.8 Å². The second-order valence-corrected chi connectivity index (χ2v) is 7.12. The lowest BCUT2D eigenvalue weighted by molar-refractivity contribution is -0.385. The number of nitrogens with one attached hydrogen (secondary N) is 1. The molecule has 0 saturated heterocycles. The molecule has 0 aliphatic carbocycles. The normalized spacial score (nSPS) is 10.8. The van der Waals surface area contributed by atoms with Gasteiger partial charge in [-0.25, -0.2) is 10.2 Å².